The van der Waals surface area contributed by atoms with Crippen LogP contribution in [0.3, 0.4) is 0 Å². The van der Waals surface area contributed by atoms with Gasteiger partial charge in [-0.15, -0.1) is 0 Å². The quantitative estimate of drug-likeness (QED) is 0.759. The van der Waals surface area contributed by atoms with Crippen LogP contribution in [0, 0.1) is 0 Å². The van der Waals surface area contributed by atoms with Crippen molar-refractivity contribution in [1.82, 2.24) is 4.90 Å². The molecule has 1 saturated heterocycles. The Labute approximate surface area is 97.3 Å². The van der Waals surface area contributed by atoms with Crippen LogP contribution in [-0.4, -0.2) is 22.8 Å². The van der Waals surface area contributed by atoms with Gasteiger partial charge in [-0.25, -0.2) is 0 Å². The average Bonchev–Trinajstić information content (AvgIpc) is 2.31. The van der Waals surface area contributed by atoms with Crippen LogP contribution in [0.1, 0.15) is 32.3 Å². The van der Waals surface area contributed by atoms with Gasteiger partial charge in [0.1, 0.15) is 5.78 Å². The Bertz CT molecular complexity index is 360. The highest BCUT2D eigenvalue weighted by Crippen LogP contribution is 2.22. The van der Waals surface area contributed by atoms with E-state index < -0.39 is 0 Å². The van der Waals surface area contributed by atoms with Crippen LogP contribution in [0.4, 0.5) is 0 Å². The fourth-order valence-corrected chi connectivity index (χ4v) is 2.38. The van der Waals surface area contributed by atoms with Gasteiger partial charge in [-0.1, -0.05) is 30.3 Å². The van der Waals surface area contributed by atoms with Crippen LogP contribution < -0.4 is 0 Å². The van der Waals surface area contributed by atoms with E-state index in [0.29, 0.717) is 11.8 Å². The SMILES string of the molecule is C[C@@H]1C(=O)CC[C@H](C)N1Cc1ccccc1. The standard InChI is InChI=1S/C14H19NO/c1-11-8-9-14(16)12(2)15(11)10-13-6-4-3-5-7-13/h3-7,11-12H,8-10H2,1-2H3/t11-,12+/m0/s1. The van der Waals surface area contributed by atoms with Gasteiger partial charge in [0.25, 0.3) is 0 Å². The summed E-state index contributed by atoms with van der Waals surface area (Å²) in [5, 5.41) is 0. The Balaban J connectivity index is 2.10. The molecule has 2 heteroatoms. The highest BCUT2D eigenvalue weighted by molar-refractivity contribution is 5.84. The van der Waals surface area contributed by atoms with Gasteiger partial charge in [0.05, 0.1) is 6.04 Å². The molecule has 2 rings (SSSR count). The topological polar surface area (TPSA) is 20.3 Å². The minimum Gasteiger partial charge on any atom is -0.298 e. The van der Waals surface area contributed by atoms with Crippen molar-refractivity contribution in [2.24, 2.45) is 0 Å². The van der Waals surface area contributed by atoms with E-state index in [9.17, 15) is 4.79 Å². The lowest BCUT2D eigenvalue weighted by Crippen LogP contribution is -2.48. The van der Waals surface area contributed by atoms with Crippen molar-refractivity contribution in [2.75, 3.05) is 0 Å². The number of rotatable bonds is 2. The second-order valence-electron chi connectivity index (χ2n) is 4.69. The van der Waals surface area contributed by atoms with Crippen LogP contribution in [0.15, 0.2) is 30.3 Å². The molecule has 1 aliphatic rings. The second kappa shape index (κ2) is 4.79. The van der Waals surface area contributed by atoms with E-state index in [0.717, 1.165) is 19.4 Å². The molecular formula is C14H19NO. The monoisotopic (exact) mass is 217 g/mol. The maximum atomic E-state index is 11.7. The van der Waals surface area contributed by atoms with Gasteiger partial charge >= 0.3 is 0 Å². The molecule has 86 valence electrons. The van der Waals surface area contributed by atoms with Crippen LogP contribution in [0.5, 0.6) is 0 Å². The Morgan fingerprint density at radius 1 is 1.25 bits per heavy atom. The van der Waals surface area contributed by atoms with Gasteiger partial charge in [-0.2, -0.15) is 0 Å². The third kappa shape index (κ3) is 2.33. The molecule has 16 heavy (non-hydrogen) atoms. The van der Waals surface area contributed by atoms with Crippen molar-refractivity contribution in [3.8, 4) is 0 Å². The molecule has 1 aromatic carbocycles. The van der Waals surface area contributed by atoms with Gasteiger partial charge < -0.3 is 0 Å². The summed E-state index contributed by atoms with van der Waals surface area (Å²) in [5.41, 5.74) is 1.29. The largest absolute Gasteiger partial charge is 0.298 e. The van der Waals surface area contributed by atoms with Crippen LogP contribution in [0.25, 0.3) is 0 Å². The Morgan fingerprint density at radius 2 is 1.94 bits per heavy atom. The van der Waals surface area contributed by atoms with Gasteiger partial charge in [-0.05, 0) is 25.8 Å². The van der Waals surface area contributed by atoms with E-state index in [-0.39, 0.29) is 6.04 Å². The first-order valence-corrected chi connectivity index (χ1v) is 6.01. The molecular weight excluding hydrogens is 198 g/mol. The lowest BCUT2D eigenvalue weighted by atomic mass is 9.95. The van der Waals surface area contributed by atoms with Crippen molar-refractivity contribution in [3.63, 3.8) is 0 Å². The van der Waals surface area contributed by atoms with E-state index >= 15 is 0 Å². The minimum atomic E-state index is 0.0731. The van der Waals surface area contributed by atoms with E-state index in [2.05, 4.69) is 36.1 Å². The predicted molar refractivity (Wildman–Crippen MR) is 65.2 cm³/mol. The number of ketones is 1. The normalized spacial score (nSPS) is 27.0. The lowest BCUT2D eigenvalue weighted by molar-refractivity contribution is -0.128. The Kier molecular flexibility index (Phi) is 3.39. The minimum absolute atomic E-state index is 0.0731. The smallest absolute Gasteiger partial charge is 0.149 e. The maximum Gasteiger partial charge on any atom is 0.149 e. The van der Waals surface area contributed by atoms with Crippen molar-refractivity contribution in [1.29, 1.82) is 0 Å². The zero-order chi connectivity index (χ0) is 11.5. The summed E-state index contributed by atoms with van der Waals surface area (Å²) in [7, 11) is 0. The van der Waals surface area contributed by atoms with Crippen molar-refractivity contribution >= 4 is 5.78 Å². The lowest BCUT2D eigenvalue weighted by Gasteiger charge is -2.37. The zero-order valence-electron chi connectivity index (χ0n) is 10.0. The van der Waals surface area contributed by atoms with E-state index in [1.807, 2.05) is 13.0 Å². The molecule has 0 saturated carbocycles. The van der Waals surface area contributed by atoms with Crippen LogP contribution in [-0.2, 0) is 11.3 Å². The molecule has 0 radical (unpaired) electrons. The third-order valence-electron chi connectivity index (χ3n) is 3.55. The number of benzene rings is 1. The van der Waals surface area contributed by atoms with Crippen LogP contribution in [0.2, 0.25) is 0 Å². The summed E-state index contributed by atoms with van der Waals surface area (Å²) in [6, 6.07) is 11.0. The molecule has 0 unspecified atom stereocenters. The number of nitrogens with zero attached hydrogens (tertiary/aromatic N) is 1. The number of carbonyl (C=O) groups excluding carboxylic acids is 1. The predicted octanol–water partition coefficient (Wildman–Crippen LogP) is 2.63. The molecule has 1 aliphatic heterocycles. The Hall–Kier alpha value is -1.15. The first-order chi connectivity index (χ1) is 7.68. The molecule has 0 spiro atoms. The highest BCUT2D eigenvalue weighted by Gasteiger charge is 2.30. The van der Waals surface area contributed by atoms with E-state index in [4.69, 9.17) is 0 Å². The molecule has 2 atom stereocenters. The Morgan fingerprint density at radius 3 is 2.62 bits per heavy atom. The van der Waals surface area contributed by atoms with Crippen molar-refractivity contribution in [2.45, 2.75) is 45.3 Å². The first kappa shape index (κ1) is 11.3. The molecule has 1 aromatic rings. The number of hydrogen-bond donors (Lipinski definition) is 0. The molecule has 0 bridgehead atoms. The maximum absolute atomic E-state index is 11.7. The fourth-order valence-electron chi connectivity index (χ4n) is 2.38. The number of carbonyl (C=O) groups is 1. The van der Waals surface area contributed by atoms with Gasteiger partial charge in [-0.3, -0.25) is 9.69 Å². The van der Waals surface area contributed by atoms with Gasteiger partial charge in [0, 0.05) is 19.0 Å². The molecule has 0 N–H and O–H groups in total. The summed E-state index contributed by atoms with van der Waals surface area (Å²) in [6.45, 7) is 5.13. The van der Waals surface area contributed by atoms with Gasteiger partial charge in [0.15, 0.2) is 0 Å². The number of Topliss-reactive ketones (excluding diaryl/α,β-unsaturated/α-hetero) is 1. The molecule has 0 aliphatic carbocycles. The first-order valence-electron chi connectivity index (χ1n) is 6.01. The van der Waals surface area contributed by atoms with Crippen LogP contribution >= 0.6 is 0 Å². The van der Waals surface area contributed by atoms with E-state index in [1.165, 1.54) is 5.56 Å². The number of hydrogen-bond acceptors (Lipinski definition) is 2. The fraction of sp³-hybridized carbons (Fsp3) is 0.500. The zero-order valence-corrected chi connectivity index (χ0v) is 10.0. The van der Waals surface area contributed by atoms with Gasteiger partial charge in [0.2, 0.25) is 0 Å². The average molecular weight is 217 g/mol. The molecule has 0 aromatic heterocycles. The summed E-state index contributed by atoms with van der Waals surface area (Å²) in [4.78, 5) is 14.0. The summed E-state index contributed by atoms with van der Waals surface area (Å²) in [5.74, 6) is 0.383. The third-order valence-corrected chi connectivity index (χ3v) is 3.55. The molecule has 0 amide bonds. The number of likely N-dealkylation sites (tertiary alicyclic amines) is 1. The summed E-state index contributed by atoms with van der Waals surface area (Å²) in [6.07, 6.45) is 1.74. The van der Waals surface area contributed by atoms with Crippen molar-refractivity contribution < 1.29 is 4.79 Å². The summed E-state index contributed by atoms with van der Waals surface area (Å²) < 4.78 is 0. The number of piperidine rings is 1. The van der Waals surface area contributed by atoms with Crippen molar-refractivity contribution in [3.05, 3.63) is 35.9 Å². The highest BCUT2D eigenvalue weighted by atomic mass is 16.1. The molecule has 1 fully saturated rings. The molecule has 2 nitrogen and oxygen atoms in total. The second-order valence-corrected chi connectivity index (χ2v) is 4.69. The van der Waals surface area contributed by atoms with E-state index in [1.54, 1.807) is 0 Å². The molecule has 1 heterocycles. The summed E-state index contributed by atoms with van der Waals surface area (Å²) >= 11 is 0.